The SMILES string of the molecule is COC(=O)C(Br)CNS(=O)(=O)c1ccc(Cl)c(F)c1Cl. The Morgan fingerprint density at radius 3 is 2.65 bits per heavy atom. The Kier molecular flexibility index (Phi) is 6.21. The molecule has 1 N–H and O–H groups in total. The second kappa shape index (κ2) is 7.04. The number of nitrogens with one attached hydrogen (secondary N) is 1. The van der Waals surface area contributed by atoms with Crippen LogP contribution in [0.15, 0.2) is 17.0 Å². The number of methoxy groups -OCH3 is 1. The normalized spacial score (nSPS) is 13.1. The maximum absolute atomic E-state index is 13.5. The van der Waals surface area contributed by atoms with Crippen LogP contribution in [0.1, 0.15) is 0 Å². The van der Waals surface area contributed by atoms with Crippen molar-refractivity contribution in [1.29, 1.82) is 0 Å². The fourth-order valence-corrected chi connectivity index (χ4v) is 3.54. The van der Waals surface area contributed by atoms with Gasteiger partial charge in [0.15, 0.2) is 5.82 Å². The molecule has 1 atom stereocenters. The maximum atomic E-state index is 13.5. The van der Waals surface area contributed by atoms with Gasteiger partial charge >= 0.3 is 5.97 Å². The second-order valence-corrected chi connectivity index (χ2v) is 7.14. The Morgan fingerprint density at radius 1 is 1.50 bits per heavy atom. The Labute approximate surface area is 133 Å². The largest absolute Gasteiger partial charge is 0.468 e. The van der Waals surface area contributed by atoms with E-state index in [9.17, 15) is 17.6 Å². The zero-order valence-corrected chi connectivity index (χ0v) is 13.9. The highest BCUT2D eigenvalue weighted by Gasteiger charge is 2.24. The lowest BCUT2D eigenvalue weighted by Gasteiger charge is -2.11. The molecule has 20 heavy (non-hydrogen) atoms. The van der Waals surface area contributed by atoms with Crippen LogP contribution >= 0.6 is 39.1 Å². The minimum absolute atomic E-state index is 0.282. The van der Waals surface area contributed by atoms with Crippen LogP contribution < -0.4 is 4.72 Å². The first-order valence-electron chi connectivity index (χ1n) is 5.05. The van der Waals surface area contributed by atoms with Crippen LogP contribution in [0.5, 0.6) is 0 Å². The summed E-state index contributed by atoms with van der Waals surface area (Å²) in [5.41, 5.74) is 0. The topological polar surface area (TPSA) is 72.5 Å². The van der Waals surface area contributed by atoms with E-state index in [0.29, 0.717) is 0 Å². The standard InChI is InChI=1S/C10H9BrCl2FNO4S/c1-19-10(16)5(11)4-15-20(17,18)7-3-2-6(12)9(14)8(7)13/h2-3,5,15H,4H2,1H3. The summed E-state index contributed by atoms with van der Waals surface area (Å²) in [7, 11) is -2.92. The van der Waals surface area contributed by atoms with Crippen molar-refractivity contribution in [2.24, 2.45) is 0 Å². The average Bonchev–Trinajstić information content (AvgIpc) is 2.41. The lowest BCUT2D eigenvalue weighted by Crippen LogP contribution is -2.34. The smallest absolute Gasteiger partial charge is 0.320 e. The van der Waals surface area contributed by atoms with Gasteiger partial charge in [0.1, 0.15) is 9.72 Å². The van der Waals surface area contributed by atoms with E-state index in [4.69, 9.17) is 23.2 Å². The minimum atomic E-state index is -4.09. The van der Waals surface area contributed by atoms with Gasteiger partial charge in [-0.15, -0.1) is 0 Å². The Balaban J connectivity index is 2.96. The van der Waals surface area contributed by atoms with Gasteiger partial charge in [0.05, 0.1) is 17.2 Å². The summed E-state index contributed by atoms with van der Waals surface area (Å²) in [6.45, 7) is -0.282. The quantitative estimate of drug-likeness (QED) is 0.461. The molecule has 112 valence electrons. The Morgan fingerprint density at radius 2 is 2.10 bits per heavy atom. The van der Waals surface area contributed by atoms with Crippen molar-refractivity contribution in [1.82, 2.24) is 4.72 Å². The fraction of sp³-hybridized carbons (Fsp3) is 0.300. The molecule has 0 saturated carbocycles. The number of carbonyl (C=O) groups is 1. The summed E-state index contributed by atoms with van der Waals surface area (Å²) >= 11 is 14.0. The highest BCUT2D eigenvalue weighted by atomic mass is 79.9. The van der Waals surface area contributed by atoms with E-state index >= 15 is 0 Å². The first-order valence-corrected chi connectivity index (χ1v) is 8.21. The third kappa shape index (κ3) is 4.05. The molecule has 10 heteroatoms. The molecule has 0 heterocycles. The van der Waals surface area contributed by atoms with Gasteiger partial charge in [0.25, 0.3) is 0 Å². The van der Waals surface area contributed by atoms with Gasteiger partial charge in [-0.2, -0.15) is 0 Å². The van der Waals surface area contributed by atoms with Crippen molar-refractivity contribution >= 4 is 55.1 Å². The molecule has 0 fully saturated rings. The summed E-state index contributed by atoms with van der Waals surface area (Å²) in [6.07, 6.45) is 0. The minimum Gasteiger partial charge on any atom is -0.468 e. The van der Waals surface area contributed by atoms with Gasteiger partial charge in [-0.25, -0.2) is 17.5 Å². The van der Waals surface area contributed by atoms with Crippen molar-refractivity contribution in [3.8, 4) is 0 Å². The predicted molar refractivity (Wildman–Crippen MR) is 76.3 cm³/mol. The van der Waals surface area contributed by atoms with E-state index < -0.39 is 36.6 Å². The maximum Gasteiger partial charge on any atom is 0.320 e. The lowest BCUT2D eigenvalue weighted by atomic mass is 10.3. The van der Waals surface area contributed by atoms with Crippen LogP contribution in [-0.2, 0) is 19.6 Å². The van der Waals surface area contributed by atoms with Crippen molar-refractivity contribution in [3.63, 3.8) is 0 Å². The highest BCUT2D eigenvalue weighted by Crippen LogP contribution is 2.29. The monoisotopic (exact) mass is 407 g/mol. The molecule has 0 amide bonds. The predicted octanol–water partition coefficient (Wildman–Crippen LogP) is 2.35. The van der Waals surface area contributed by atoms with Crippen molar-refractivity contribution in [2.75, 3.05) is 13.7 Å². The summed E-state index contributed by atoms with van der Waals surface area (Å²) < 4.78 is 43.9. The highest BCUT2D eigenvalue weighted by molar-refractivity contribution is 9.10. The molecule has 1 aromatic rings. The molecular weight excluding hydrogens is 400 g/mol. The lowest BCUT2D eigenvalue weighted by molar-refractivity contribution is -0.139. The molecular formula is C10H9BrCl2FNO4S. The van der Waals surface area contributed by atoms with Gasteiger partial charge in [-0.1, -0.05) is 39.1 Å². The second-order valence-electron chi connectivity index (χ2n) is 3.52. The molecule has 0 spiro atoms. The van der Waals surface area contributed by atoms with E-state index in [1.54, 1.807) is 0 Å². The van der Waals surface area contributed by atoms with Gasteiger partial charge in [0.2, 0.25) is 10.0 Å². The molecule has 0 saturated heterocycles. The molecule has 0 radical (unpaired) electrons. The fourth-order valence-electron chi connectivity index (χ4n) is 1.19. The van der Waals surface area contributed by atoms with Gasteiger partial charge in [-0.3, -0.25) is 4.79 Å². The molecule has 0 aliphatic heterocycles. The van der Waals surface area contributed by atoms with Crippen LogP contribution in [0.25, 0.3) is 0 Å². The number of rotatable bonds is 5. The van der Waals surface area contributed by atoms with Crippen molar-refractivity contribution < 1.29 is 22.3 Å². The van der Waals surface area contributed by atoms with E-state index in [-0.39, 0.29) is 11.6 Å². The number of alkyl halides is 1. The van der Waals surface area contributed by atoms with Crippen LogP contribution in [-0.4, -0.2) is 32.9 Å². The zero-order valence-electron chi connectivity index (χ0n) is 9.99. The van der Waals surface area contributed by atoms with Crippen LogP contribution in [0.2, 0.25) is 10.0 Å². The molecule has 1 rings (SSSR count). The number of ether oxygens (including phenoxy) is 1. The molecule has 0 aromatic heterocycles. The number of carbonyl (C=O) groups excluding carboxylic acids is 1. The summed E-state index contributed by atoms with van der Waals surface area (Å²) in [6, 6.07) is 2.14. The van der Waals surface area contributed by atoms with Gasteiger partial charge in [0, 0.05) is 6.54 Å². The summed E-state index contributed by atoms with van der Waals surface area (Å²) in [5, 5.41) is -0.906. The Hall–Kier alpha value is -0.410. The molecule has 1 unspecified atom stereocenters. The van der Waals surface area contributed by atoms with Gasteiger partial charge in [-0.05, 0) is 12.1 Å². The van der Waals surface area contributed by atoms with E-state index in [2.05, 4.69) is 25.4 Å². The number of benzene rings is 1. The first-order chi connectivity index (χ1) is 9.20. The molecule has 1 aromatic carbocycles. The van der Waals surface area contributed by atoms with E-state index in [1.807, 2.05) is 0 Å². The van der Waals surface area contributed by atoms with Crippen molar-refractivity contribution in [3.05, 3.63) is 28.0 Å². The number of hydrogen-bond acceptors (Lipinski definition) is 4. The summed E-state index contributed by atoms with van der Waals surface area (Å²) in [4.78, 5) is 9.78. The number of esters is 1. The van der Waals surface area contributed by atoms with Crippen LogP contribution in [0, 0.1) is 5.82 Å². The van der Waals surface area contributed by atoms with E-state index in [0.717, 1.165) is 19.2 Å². The molecule has 0 bridgehead atoms. The molecule has 0 aliphatic rings. The van der Waals surface area contributed by atoms with Crippen molar-refractivity contribution in [2.45, 2.75) is 9.72 Å². The number of halogens is 4. The first kappa shape index (κ1) is 17.6. The van der Waals surface area contributed by atoms with E-state index in [1.165, 1.54) is 0 Å². The molecule has 0 aliphatic carbocycles. The van der Waals surface area contributed by atoms with Gasteiger partial charge < -0.3 is 4.74 Å². The average molecular weight is 409 g/mol. The summed E-state index contributed by atoms with van der Waals surface area (Å²) in [5.74, 6) is -1.68. The van der Waals surface area contributed by atoms with Crippen LogP contribution in [0.4, 0.5) is 4.39 Å². The number of hydrogen-bond donors (Lipinski definition) is 1. The third-order valence-electron chi connectivity index (χ3n) is 2.20. The zero-order chi connectivity index (χ0) is 15.5. The molecule has 5 nitrogen and oxygen atoms in total. The third-order valence-corrected chi connectivity index (χ3v) is 5.14. The number of sulfonamides is 1. The Bertz CT molecular complexity index is 626. The van der Waals surface area contributed by atoms with Crippen LogP contribution in [0.3, 0.4) is 0 Å².